The van der Waals surface area contributed by atoms with Crippen molar-refractivity contribution in [3.63, 3.8) is 0 Å². The molecule has 2 aromatic rings. The zero-order valence-electron chi connectivity index (χ0n) is 11.4. The molecule has 6 heteroatoms. The normalized spacial score (nSPS) is 12.4. The monoisotopic (exact) mass is 278 g/mol. The lowest BCUT2D eigenvalue weighted by molar-refractivity contribution is 0.0928. The van der Waals surface area contributed by atoms with Crippen LogP contribution >= 0.6 is 11.3 Å². The molecule has 1 N–H and O–H groups in total. The van der Waals surface area contributed by atoms with Crippen LogP contribution in [0.4, 0.5) is 0 Å². The number of aryl methyl sites for hydroxylation is 2. The minimum Gasteiger partial charge on any atom is -0.343 e. The molecule has 0 aromatic carbocycles. The molecule has 2 heterocycles. The van der Waals surface area contributed by atoms with Gasteiger partial charge in [0.15, 0.2) is 0 Å². The van der Waals surface area contributed by atoms with Gasteiger partial charge in [-0.15, -0.1) is 11.3 Å². The van der Waals surface area contributed by atoms with Crippen LogP contribution < -0.4 is 5.32 Å². The summed E-state index contributed by atoms with van der Waals surface area (Å²) < 4.78 is 1.73. The van der Waals surface area contributed by atoms with Crippen molar-refractivity contribution in [3.05, 3.63) is 34.0 Å². The highest BCUT2D eigenvalue weighted by Crippen LogP contribution is 2.16. The number of rotatable bonds is 5. The number of hydrogen-bond donors (Lipinski definition) is 1. The number of hydrogen-bond acceptors (Lipinski definition) is 4. The van der Waals surface area contributed by atoms with Gasteiger partial charge in [0.25, 0.3) is 5.91 Å². The molecule has 0 saturated heterocycles. The van der Waals surface area contributed by atoms with E-state index >= 15 is 0 Å². The summed E-state index contributed by atoms with van der Waals surface area (Å²) in [6, 6.07) is 1.65. The summed E-state index contributed by atoms with van der Waals surface area (Å²) in [5.74, 6) is -0.107. The molecule has 0 bridgehead atoms. The molecule has 0 aliphatic heterocycles. The second kappa shape index (κ2) is 5.97. The summed E-state index contributed by atoms with van der Waals surface area (Å²) in [5.41, 5.74) is 1.50. The van der Waals surface area contributed by atoms with E-state index in [1.165, 1.54) is 0 Å². The summed E-state index contributed by atoms with van der Waals surface area (Å²) in [5, 5.41) is 10.1. The van der Waals surface area contributed by atoms with Gasteiger partial charge in [0.05, 0.1) is 16.7 Å². The van der Waals surface area contributed by atoms with Crippen molar-refractivity contribution in [3.8, 4) is 0 Å². The molecule has 0 aliphatic rings. The van der Waals surface area contributed by atoms with Gasteiger partial charge in [-0.3, -0.25) is 9.48 Å². The molecule has 1 amide bonds. The number of nitrogens with one attached hydrogen (secondary N) is 1. The number of thiazole rings is 1. The Labute approximate surface area is 116 Å². The van der Waals surface area contributed by atoms with Gasteiger partial charge < -0.3 is 5.32 Å². The van der Waals surface area contributed by atoms with Crippen LogP contribution in [0.5, 0.6) is 0 Å². The maximum Gasteiger partial charge on any atom is 0.270 e. The minimum absolute atomic E-state index is 0.0950. The first kappa shape index (κ1) is 13.7. The van der Waals surface area contributed by atoms with E-state index in [2.05, 4.69) is 22.3 Å². The molecular formula is C13H18N4OS. The van der Waals surface area contributed by atoms with Crippen LogP contribution in [0.2, 0.25) is 0 Å². The van der Waals surface area contributed by atoms with Crippen LogP contribution in [-0.4, -0.2) is 20.7 Å². The van der Waals surface area contributed by atoms with E-state index in [0.29, 0.717) is 5.69 Å². The molecule has 0 fully saturated rings. The van der Waals surface area contributed by atoms with Gasteiger partial charge in [0, 0.05) is 18.1 Å². The molecule has 5 nitrogen and oxygen atoms in total. The first-order valence-electron chi connectivity index (χ1n) is 6.36. The van der Waals surface area contributed by atoms with E-state index in [9.17, 15) is 4.79 Å². The zero-order valence-corrected chi connectivity index (χ0v) is 12.2. The molecule has 102 valence electrons. The van der Waals surface area contributed by atoms with Crippen molar-refractivity contribution in [1.82, 2.24) is 20.1 Å². The maximum absolute atomic E-state index is 12.2. The Morgan fingerprint density at radius 1 is 1.58 bits per heavy atom. The average molecular weight is 278 g/mol. The van der Waals surface area contributed by atoms with Gasteiger partial charge in [-0.25, -0.2) is 4.98 Å². The van der Waals surface area contributed by atoms with Gasteiger partial charge in [0.2, 0.25) is 0 Å². The summed E-state index contributed by atoms with van der Waals surface area (Å²) >= 11 is 1.59. The van der Waals surface area contributed by atoms with Crippen molar-refractivity contribution in [1.29, 1.82) is 0 Å². The summed E-state index contributed by atoms with van der Waals surface area (Å²) in [6.07, 6.45) is 2.60. The van der Waals surface area contributed by atoms with E-state index in [4.69, 9.17) is 0 Å². The van der Waals surface area contributed by atoms with E-state index in [-0.39, 0.29) is 11.9 Å². The topological polar surface area (TPSA) is 59.8 Å². The van der Waals surface area contributed by atoms with Crippen molar-refractivity contribution in [2.24, 2.45) is 0 Å². The molecule has 1 unspecified atom stereocenters. The Kier molecular flexibility index (Phi) is 4.31. The number of carbonyl (C=O) groups excluding carboxylic acids is 1. The third-order valence-corrected chi connectivity index (χ3v) is 3.60. The van der Waals surface area contributed by atoms with Crippen molar-refractivity contribution >= 4 is 17.2 Å². The van der Waals surface area contributed by atoms with Gasteiger partial charge in [-0.1, -0.05) is 6.92 Å². The van der Waals surface area contributed by atoms with Crippen molar-refractivity contribution < 1.29 is 4.79 Å². The molecule has 0 aliphatic carbocycles. The Bertz CT molecular complexity index is 560. The molecular weight excluding hydrogens is 260 g/mol. The highest BCUT2D eigenvalue weighted by Gasteiger charge is 2.16. The molecule has 2 aromatic heterocycles. The molecule has 0 spiro atoms. The Hall–Kier alpha value is -1.69. The van der Waals surface area contributed by atoms with Crippen LogP contribution in [0.15, 0.2) is 17.6 Å². The first-order chi connectivity index (χ1) is 9.11. The third kappa shape index (κ3) is 3.20. The third-order valence-electron chi connectivity index (χ3n) is 2.81. The van der Waals surface area contributed by atoms with E-state index in [0.717, 1.165) is 23.7 Å². The number of carbonyl (C=O) groups is 1. The second-order valence-electron chi connectivity index (χ2n) is 4.43. The largest absolute Gasteiger partial charge is 0.343 e. The smallest absolute Gasteiger partial charge is 0.270 e. The number of amides is 1. The van der Waals surface area contributed by atoms with E-state index in [1.54, 1.807) is 28.3 Å². The van der Waals surface area contributed by atoms with Gasteiger partial charge in [-0.05, 0) is 26.3 Å². The highest BCUT2D eigenvalue weighted by molar-refractivity contribution is 7.09. The Balaban J connectivity index is 2.06. The van der Waals surface area contributed by atoms with Crippen molar-refractivity contribution in [2.75, 3.05) is 0 Å². The van der Waals surface area contributed by atoms with Crippen LogP contribution in [0.25, 0.3) is 0 Å². The maximum atomic E-state index is 12.2. The van der Waals surface area contributed by atoms with Crippen LogP contribution in [0, 0.1) is 6.92 Å². The van der Waals surface area contributed by atoms with Crippen LogP contribution in [0.3, 0.4) is 0 Å². The number of aromatic nitrogens is 3. The summed E-state index contributed by atoms with van der Waals surface area (Å²) in [4.78, 5) is 16.6. The lowest BCUT2D eigenvalue weighted by Gasteiger charge is -2.12. The van der Waals surface area contributed by atoms with Gasteiger partial charge >= 0.3 is 0 Å². The summed E-state index contributed by atoms with van der Waals surface area (Å²) in [6.45, 7) is 6.70. The van der Waals surface area contributed by atoms with Crippen LogP contribution in [0.1, 0.15) is 47.5 Å². The fourth-order valence-electron chi connectivity index (χ4n) is 1.84. The lowest BCUT2D eigenvalue weighted by Crippen LogP contribution is -2.29. The average Bonchev–Trinajstić information content (AvgIpc) is 2.98. The molecule has 19 heavy (non-hydrogen) atoms. The Morgan fingerprint density at radius 3 is 3.00 bits per heavy atom. The van der Waals surface area contributed by atoms with Gasteiger partial charge in [-0.2, -0.15) is 5.10 Å². The van der Waals surface area contributed by atoms with Gasteiger partial charge in [0.1, 0.15) is 5.69 Å². The molecule has 0 saturated carbocycles. The SMILES string of the molecule is CCCn1nccc1C(=O)NC(C)c1csc(C)n1. The number of nitrogens with zero attached hydrogens (tertiary/aromatic N) is 3. The predicted octanol–water partition coefficient (Wildman–Crippen LogP) is 2.55. The molecule has 1 atom stereocenters. The second-order valence-corrected chi connectivity index (χ2v) is 5.49. The summed E-state index contributed by atoms with van der Waals surface area (Å²) in [7, 11) is 0. The fraction of sp³-hybridized carbons (Fsp3) is 0.462. The standard InChI is InChI=1S/C13H18N4OS/c1-4-7-17-12(5-6-14-17)13(18)15-9(2)11-8-19-10(3)16-11/h5-6,8-9H,4,7H2,1-3H3,(H,15,18). The van der Waals surface area contributed by atoms with E-state index < -0.39 is 0 Å². The minimum atomic E-state index is -0.107. The quantitative estimate of drug-likeness (QED) is 0.914. The molecule has 2 rings (SSSR count). The lowest BCUT2D eigenvalue weighted by atomic mass is 10.2. The fourth-order valence-corrected chi connectivity index (χ4v) is 2.55. The van der Waals surface area contributed by atoms with Crippen LogP contribution in [-0.2, 0) is 6.54 Å². The van der Waals surface area contributed by atoms with Crippen molar-refractivity contribution in [2.45, 2.75) is 39.8 Å². The predicted molar refractivity (Wildman–Crippen MR) is 75.3 cm³/mol. The zero-order chi connectivity index (χ0) is 13.8. The van der Waals surface area contributed by atoms with E-state index in [1.807, 2.05) is 19.2 Å². The highest BCUT2D eigenvalue weighted by atomic mass is 32.1. The first-order valence-corrected chi connectivity index (χ1v) is 7.24. The Morgan fingerprint density at radius 2 is 2.37 bits per heavy atom. The molecule has 0 radical (unpaired) electrons.